The number of rotatable bonds is 4. The van der Waals surface area contributed by atoms with Crippen molar-refractivity contribution in [3.63, 3.8) is 0 Å². The van der Waals surface area contributed by atoms with Crippen molar-refractivity contribution < 1.29 is 14.7 Å². The monoisotopic (exact) mass is 269 g/mol. The molecule has 0 saturated heterocycles. The van der Waals surface area contributed by atoms with Gasteiger partial charge < -0.3 is 9.94 Å². The quantitative estimate of drug-likeness (QED) is 0.401. The van der Waals surface area contributed by atoms with Crippen molar-refractivity contribution in [2.75, 3.05) is 6.61 Å². The van der Waals surface area contributed by atoms with E-state index in [0.717, 1.165) is 5.56 Å². The Morgan fingerprint density at radius 2 is 1.70 bits per heavy atom. The van der Waals surface area contributed by atoms with Crippen LogP contribution in [0.4, 0.5) is 0 Å². The second kappa shape index (κ2) is 6.52. The molecule has 2 aromatic carbocycles. The summed E-state index contributed by atoms with van der Waals surface area (Å²) in [5, 5.41) is 12.2. The molecular weight excluding hydrogens is 254 g/mol. The van der Waals surface area contributed by atoms with Gasteiger partial charge in [-0.1, -0.05) is 53.2 Å². The van der Waals surface area contributed by atoms with Crippen molar-refractivity contribution in [1.29, 1.82) is 0 Å². The lowest BCUT2D eigenvalue weighted by atomic mass is 10.1. The molecule has 0 bridgehead atoms. The van der Waals surface area contributed by atoms with Gasteiger partial charge in [0.1, 0.15) is 12.3 Å². The molecule has 0 aliphatic heterocycles. The number of carbonyl (C=O) groups excluding carboxylic acids is 1. The molecule has 0 spiro atoms. The van der Waals surface area contributed by atoms with Gasteiger partial charge in [-0.25, -0.2) is 4.79 Å². The second-order valence-electron chi connectivity index (χ2n) is 4.35. The highest BCUT2D eigenvalue weighted by atomic mass is 16.5. The Morgan fingerprint density at radius 1 is 1.05 bits per heavy atom. The lowest BCUT2D eigenvalue weighted by molar-refractivity contribution is 0.0562. The van der Waals surface area contributed by atoms with Crippen molar-refractivity contribution >= 4 is 11.7 Å². The van der Waals surface area contributed by atoms with Crippen LogP contribution < -0.4 is 0 Å². The molecule has 0 aromatic heterocycles. The molecule has 102 valence electrons. The molecule has 0 heterocycles. The molecule has 0 radical (unpaired) electrons. The molecule has 20 heavy (non-hydrogen) atoms. The fourth-order valence-corrected chi connectivity index (χ4v) is 1.71. The van der Waals surface area contributed by atoms with Crippen LogP contribution in [0.1, 0.15) is 21.5 Å². The van der Waals surface area contributed by atoms with Gasteiger partial charge in [-0.3, -0.25) is 0 Å². The van der Waals surface area contributed by atoms with Crippen LogP contribution in [0.25, 0.3) is 0 Å². The third-order valence-electron chi connectivity index (χ3n) is 2.85. The Hall–Kier alpha value is -2.62. The number of benzene rings is 2. The van der Waals surface area contributed by atoms with Crippen molar-refractivity contribution in [2.45, 2.75) is 6.92 Å². The van der Waals surface area contributed by atoms with Gasteiger partial charge >= 0.3 is 5.97 Å². The number of oxime groups is 1. The fourth-order valence-electron chi connectivity index (χ4n) is 1.71. The van der Waals surface area contributed by atoms with E-state index in [2.05, 4.69) is 5.16 Å². The molecule has 2 rings (SSSR count). The standard InChI is InChI=1S/C16H15NO3/c1-12-7-9-14(10-8-12)16(18)20-11-15(17-19)13-5-3-2-4-6-13/h2-10,19H,11H2,1H3. The first-order valence-electron chi connectivity index (χ1n) is 6.21. The fraction of sp³-hybridized carbons (Fsp3) is 0.125. The molecule has 0 atom stereocenters. The highest BCUT2D eigenvalue weighted by Gasteiger charge is 2.10. The van der Waals surface area contributed by atoms with Gasteiger partial charge in [0, 0.05) is 5.56 Å². The summed E-state index contributed by atoms with van der Waals surface area (Å²) in [6.07, 6.45) is 0. The van der Waals surface area contributed by atoms with Gasteiger partial charge in [0.15, 0.2) is 0 Å². The summed E-state index contributed by atoms with van der Waals surface area (Å²) in [5.41, 5.74) is 2.57. The Morgan fingerprint density at radius 3 is 2.30 bits per heavy atom. The van der Waals surface area contributed by atoms with Crippen LogP contribution in [0.5, 0.6) is 0 Å². The van der Waals surface area contributed by atoms with Crippen LogP contribution in [-0.2, 0) is 4.74 Å². The zero-order chi connectivity index (χ0) is 14.4. The van der Waals surface area contributed by atoms with E-state index in [9.17, 15) is 4.79 Å². The smallest absolute Gasteiger partial charge is 0.338 e. The van der Waals surface area contributed by atoms with Crippen LogP contribution in [-0.4, -0.2) is 23.5 Å². The Balaban J connectivity index is 2.01. The van der Waals surface area contributed by atoms with Gasteiger partial charge in [0.2, 0.25) is 0 Å². The van der Waals surface area contributed by atoms with Gasteiger partial charge in [0.25, 0.3) is 0 Å². The largest absolute Gasteiger partial charge is 0.455 e. The second-order valence-corrected chi connectivity index (χ2v) is 4.35. The van der Waals surface area contributed by atoms with E-state index in [1.807, 2.05) is 37.3 Å². The average molecular weight is 269 g/mol. The summed E-state index contributed by atoms with van der Waals surface area (Å²) in [4.78, 5) is 11.8. The zero-order valence-electron chi connectivity index (χ0n) is 11.1. The maximum Gasteiger partial charge on any atom is 0.338 e. The summed E-state index contributed by atoms with van der Waals surface area (Å²) in [7, 11) is 0. The average Bonchev–Trinajstić information content (AvgIpc) is 2.49. The van der Waals surface area contributed by atoms with Gasteiger partial charge in [-0.15, -0.1) is 0 Å². The number of carbonyl (C=O) groups is 1. The number of esters is 1. The number of hydrogen-bond acceptors (Lipinski definition) is 4. The maximum absolute atomic E-state index is 11.8. The van der Waals surface area contributed by atoms with E-state index in [0.29, 0.717) is 16.8 Å². The van der Waals surface area contributed by atoms with Gasteiger partial charge in [-0.2, -0.15) is 0 Å². The van der Waals surface area contributed by atoms with Gasteiger partial charge in [0.05, 0.1) is 5.56 Å². The number of nitrogens with zero attached hydrogens (tertiary/aromatic N) is 1. The van der Waals surface area contributed by atoms with Crippen molar-refractivity contribution in [1.82, 2.24) is 0 Å². The van der Waals surface area contributed by atoms with Gasteiger partial charge in [-0.05, 0) is 19.1 Å². The predicted octanol–water partition coefficient (Wildman–Crippen LogP) is 3.03. The Bertz CT molecular complexity index is 603. The topological polar surface area (TPSA) is 58.9 Å². The minimum Gasteiger partial charge on any atom is -0.455 e. The van der Waals surface area contributed by atoms with Crippen LogP contribution in [0, 0.1) is 6.92 Å². The zero-order valence-corrected chi connectivity index (χ0v) is 11.1. The summed E-state index contributed by atoms with van der Waals surface area (Å²) in [5.74, 6) is -0.443. The molecule has 0 aliphatic carbocycles. The predicted molar refractivity (Wildman–Crippen MR) is 76.2 cm³/mol. The first kappa shape index (κ1) is 13.8. The first-order valence-corrected chi connectivity index (χ1v) is 6.21. The third kappa shape index (κ3) is 3.45. The minimum absolute atomic E-state index is 0.0762. The Kier molecular flexibility index (Phi) is 4.50. The summed E-state index contributed by atoms with van der Waals surface area (Å²) in [6.45, 7) is 1.87. The van der Waals surface area contributed by atoms with Crippen molar-refractivity contribution in [2.24, 2.45) is 5.16 Å². The van der Waals surface area contributed by atoms with Crippen molar-refractivity contribution in [3.8, 4) is 0 Å². The highest BCUT2D eigenvalue weighted by Crippen LogP contribution is 2.07. The van der Waals surface area contributed by atoms with E-state index in [4.69, 9.17) is 9.94 Å². The van der Waals surface area contributed by atoms with E-state index in [-0.39, 0.29) is 6.61 Å². The van der Waals surface area contributed by atoms with E-state index in [1.165, 1.54) is 0 Å². The summed E-state index contributed by atoms with van der Waals surface area (Å²) >= 11 is 0. The van der Waals surface area contributed by atoms with E-state index in [1.54, 1.807) is 24.3 Å². The minimum atomic E-state index is -0.443. The van der Waals surface area contributed by atoms with Crippen LogP contribution in [0.3, 0.4) is 0 Å². The molecule has 4 nitrogen and oxygen atoms in total. The normalized spacial score (nSPS) is 11.2. The molecule has 0 fully saturated rings. The summed E-state index contributed by atoms with van der Waals surface area (Å²) < 4.78 is 5.15. The van der Waals surface area contributed by atoms with E-state index >= 15 is 0 Å². The molecule has 0 unspecified atom stereocenters. The molecule has 0 aliphatic rings. The lowest BCUT2D eigenvalue weighted by Gasteiger charge is -2.07. The number of aryl methyl sites for hydroxylation is 1. The number of ether oxygens (including phenoxy) is 1. The number of hydrogen-bond donors (Lipinski definition) is 1. The molecule has 1 N–H and O–H groups in total. The summed E-state index contributed by atoms with van der Waals surface area (Å²) in [6, 6.07) is 16.2. The molecular formula is C16H15NO3. The molecule has 0 saturated carbocycles. The van der Waals surface area contributed by atoms with Crippen molar-refractivity contribution in [3.05, 3.63) is 71.3 Å². The third-order valence-corrected chi connectivity index (χ3v) is 2.85. The van der Waals surface area contributed by atoms with Crippen LogP contribution in [0.15, 0.2) is 59.8 Å². The molecule has 4 heteroatoms. The lowest BCUT2D eigenvalue weighted by Crippen LogP contribution is -2.15. The maximum atomic E-state index is 11.8. The SMILES string of the molecule is Cc1ccc(C(=O)OCC(=NO)c2ccccc2)cc1. The van der Waals surface area contributed by atoms with Crippen LogP contribution >= 0.6 is 0 Å². The molecule has 0 amide bonds. The molecule has 2 aromatic rings. The highest BCUT2D eigenvalue weighted by molar-refractivity contribution is 6.02. The Labute approximate surface area is 117 Å². The van der Waals surface area contributed by atoms with E-state index < -0.39 is 5.97 Å². The van der Waals surface area contributed by atoms with Crippen LogP contribution in [0.2, 0.25) is 0 Å². The first-order chi connectivity index (χ1) is 9.70.